The molecule has 1 aliphatic carbocycles. The molecule has 0 amide bonds. The highest BCUT2D eigenvalue weighted by Crippen LogP contribution is 2.27. The second kappa shape index (κ2) is 6.09. The van der Waals surface area contributed by atoms with Gasteiger partial charge in [-0.1, -0.05) is 12.8 Å². The van der Waals surface area contributed by atoms with Crippen molar-refractivity contribution in [3.63, 3.8) is 0 Å². The van der Waals surface area contributed by atoms with Crippen LogP contribution in [0, 0.1) is 17.2 Å². The van der Waals surface area contributed by atoms with Crippen LogP contribution in [0.25, 0.3) is 0 Å². The molecular formula is C12H23N3. The lowest BCUT2D eigenvalue weighted by Crippen LogP contribution is -2.42. The van der Waals surface area contributed by atoms with Crippen molar-refractivity contribution >= 4 is 0 Å². The fourth-order valence-electron chi connectivity index (χ4n) is 2.31. The monoisotopic (exact) mass is 209 g/mol. The first-order valence-corrected chi connectivity index (χ1v) is 5.89. The molecule has 0 aromatic heterocycles. The van der Waals surface area contributed by atoms with Gasteiger partial charge in [-0.2, -0.15) is 5.26 Å². The molecule has 0 N–H and O–H groups in total. The van der Waals surface area contributed by atoms with E-state index in [0.717, 1.165) is 19.5 Å². The average Bonchev–Trinajstić information content (AvgIpc) is 2.25. The van der Waals surface area contributed by atoms with Gasteiger partial charge in [-0.05, 0) is 34.0 Å². The summed E-state index contributed by atoms with van der Waals surface area (Å²) in [6.45, 7) is 2.14. The molecule has 15 heavy (non-hydrogen) atoms. The number of nitriles is 1. The van der Waals surface area contributed by atoms with Gasteiger partial charge >= 0.3 is 0 Å². The topological polar surface area (TPSA) is 30.3 Å². The van der Waals surface area contributed by atoms with E-state index in [-0.39, 0.29) is 5.92 Å². The third kappa shape index (κ3) is 3.81. The van der Waals surface area contributed by atoms with Crippen molar-refractivity contribution in [2.45, 2.75) is 31.7 Å². The maximum atomic E-state index is 9.10. The molecule has 1 fully saturated rings. The summed E-state index contributed by atoms with van der Waals surface area (Å²) in [4.78, 5) is 4.56. The zero-order chi connectivity index (χ0) is 11.3. The number of hydrogen-bond acceptors (Lipinski definition) is 3. The number of nitrogens with zero attached hydrogens (tertiary/aromatic N) is 3. The van der Waals surface area contributed by atoms with Crippen LogP contribution in [-0.2, 0) is 0 Å². The molecule has 0 radical (unpaired) electrons. The first kappa shape index (κ1) is 12.5. The van der Waals surface area contributed by atoms with Gasteiger partial charge in [0.15, 0.2) is 0 Å². The first-order valence-electron chi connectivity index (χ1n) is 5.89. The third-order valence-corrected chi connectivity index (χ3v) is 3.36. The molecular weight excluding hydrogens is 186 g/mol. The Balaban J connectivity index is 2.42. The Morgan fingerprint density at radius 1 is 1.13 bits per heavy atom. The van der Waals surface area contributed by atoms with Crippen molar-refractivity contribution in [2.24, 2.45) is 5.92 Å². The van der Waals surface area contributed by atoms with Gasteiger partial charge in [0.25, 0.3) is 0 Å². The summed E-state index contributed by atoms with van der Waals surface area (Å²) in [5.74, 6) is 0.255. The number of likely N-dealkylation sites (N-methyl/N-ethyl adjacent to an activating group) is 2. The van der Waals surface area contributed by atoms with Crippen LogP contribution in [0.4, 0.5) is 0 Å². The van der Waals surface area contributed by atoms with Crippen molar-refractivity contribution in [3.05, 3.63) is 0 Å². The second-order valence-electron chi connectivity index (χ2n) is 4.87. The predicted molar refractivity (Wildman–Crippen MR) is 62.5 cm³/mol. The Bertz CT molecular complexity index is 219. The standard InChI is InChI=1S/C12H23N3/c1-14(2)8-9-15(3)12-7-5-4-6-11(12)10-13/h11-12H,4-9H2,1-3H3. The summed E-state index contributed by atoms with van der Waals surface area (Å²) in [6.07, 6.45) is 4.81. The van der Waals surface area contributed by atoms with E-state index >= 15 is 0 Å². The van der Waals surface area contributed by atoms with Crippen LogP contribution >= 0.6 is 0 Å². The first-order chi connectivity index (χ1) is 7.15. The van der Waals surface area contributed by atoms with Crippen LogP contribution < -0.4 is 0 Å². The van der Waals surface area contributed by atoms with Gasteiger partial charge in [-0.25, -0.2) is 0 Å². The molecule has 0 aromatic carbocycles. The van der Waals surface area contributed by atoms with Gasteiger partial charge in [0.2, 0.25) is 0 Å². The molecule has 2 atom stereocenters. The van der Waals surface area contributed by atoms with Gasteiger partial charge in [0.1, 0.15) is 0 Å². The lowest BCUT2D eigenvalue weighted by Gasteiger charge is -2.35. The molecule has 1 saturated carbocycles. The second-order valence-corrected chi connectivity index (χ2v) is 4.87. The highest BCUT2D eigenvalue weighted by atomic mass is 15.2. The van der Waals surface area contributed by atoms with Crippen LogP contribution in [0.1, 0.15) is 25.7 Å². The van der Waals surface area contributed by atoms with E-state index in [1.54, 1.807) is 0 Å². The minimum atomic E-state index is 0.255. The summed E-state index contributed by atoms with van der Waals surface area (Å²) in [5, 5.41) is 9.10. The van der Waals surface area contributed by atoms with Crippen molar-refractivity contribution in [1.29, 1.82) is 5.26 Å². The molecule has 0 spiro atoms. The van der Waals surface area contributed by atoms with Crippen LogP contribution in [0.5, 0.6) is 0 Å². The molecule has 0 aliphatic heterocycles. The zero-order valence-corrected chi connectivity index (χ0v) is 10.2. The minimum Gasteiger partial charge on any atom is -0.308 e. The van der Waals surface area contributed by atoms with E-state index in [2.05, 4.69) is 37.0 Å². The van der Waals surface area contributed by atoms with E-state index in [0.29, 0.717) is 6.04 Å². The highest BCUT2D eigenvalue weighted by molar-refractivity contribution is 4.95. The maximum absolute atomic E-state index is 9.10. The van der Waals surface area contributed by atoms with Gasteiger partial charge in [0.05, 0.1) is 12.0 Å². The van der Waals surface area contributed by atoms with Crippen LogP contribution in [0.15, 0.2) is 0 Å². The molecule has 0 aromatic rings. The summed E-state index contributed by atoms with van der Waals surface area (Å²) in [6, 6.07) is 2.96. The summed E-state index contributed by atoms with van der Waals surface area (Å²) in [7, 11) is 6.34. The van der Waals surface area contributed by atoms with Gasteiger partial charge in [-0.3, -0.25) is 0 Å². The van der Waals surface area contributed by atoms with E-state index in [4.69, 9.17) is 5.26 Å². The Hall–Kier alpha value is -0.590. The number of rotatable bonds is 4. The summed E-state index contributed by atoms with van der Waals surface area (Å²) < 4.78 is 0. The van der Waals surface area contributed by atoms with E-state index < -0.39 is 0 Å². The van der Waals surface area contributed by atoms with Crippen molar-refractivity contribution in [3.8, 4) is 6.07 Å². The normalized spacial score (nSPS) is 26.9. The average molecular weight is 209 g/mol. The largest absolute Gasteiger partial charge is 0.308 e. The van der Waals surface area contributed by atoms with Crippen LogP contribution in [-0.4, -0.2) is 50.1 Å². The smallest absolute Gasteiger partial charge is 0.0672 e. The van der Waals surface area contributed by atoms with Gasteiger partial charge in [-0.15, -0.1) is 0 Å². The molecule has 1 aliphatic rings. The lowest BCUT2D eigenvalue weighted by atomic mass is 9.85. The molecule has 0 saturated heterocycles. The van der Waals surface area contributed by atoms with Gasteiger partial charge < -0.3 is 9.80 Å². The molecule has 1 rings (SSSR count). The SMILES string of the molecule is CN(C)CCN(C)C1CCCCC1C#N. The fraction of sp³-hybridized carbons (Fsp3) is 0.917. The minimum absolute atomic E-state index is 0.255. The van der Waals surface area contributed by atoms with Crippen LogP contribution in [0.2, 0.25) is 0 Å². The van der Waals surface area contributed by atoms with Crippen LogP contribution in [0.3, 0.4) is 0 Å². The fourth-order valence-corrected chi connectivity index (χ4v) is 2.31. The predicted octanol–water partition coefficient (Wildman–Crippen LogP) is 1.56. The summed E-state index contributed by atoms with van der Waals surface area (Å²) >= 11 is 0. The Kier molecular flexibility index (Phi) is 5.07. The Morgan fingerprint density at radius 3 is 2.40 bits per heavy atom. The van der Waals surface area contributed by atoms with E-state index in [1.165, 1.54) is 19.3 Å². The van der Waals surface area contributed by atoms with Crippen molar-refractivity contribution in [1.82, 2.24) is 9.80 Å². The molecule has 3 nitrogen and oxygen atoms in total. The zero-order valence-electron chi connectivity index (χ0n) is 10.2. The van der Waals surface area contributed by atoms with Gasteiger partial charge in [0, 0.05) is 19.1 Å². The molecule has 0 bridgehead atoms. The Morgan fingerprint density at radius 2 is 1.80 bits per heavy atom. The Labute approximate surface area is 93.7 Å². The number of hydrogen-bond donors (Lipinski definition) is 0. The van der Waals surface area contributed by atoms with Crippen molar-refractivity contribution in [2.75, 3.05) is 34.2 Å². The molecule has 3 heteroatoms. The lowest BCUT2D eigenvalue weighted by molar-refractivity contribution is 0.147. The molecule has 86 valence electrons. The van der Waals surface area contributed by atoms with Crippen molar-refractivity contribution < 1.29 is 0 Å². The quantitative estimate of drug-likeness (QED) is 0.704. The van der Waals surface area contributed by atoms with E-state index in [9.17, 15) is 0 Å². The van der Waals surface area contributed by atoms with E-state index in [1.807, 2.05) is 0 Å². The highest BCUT2D eigenvalue weighted by Gasteiger charge is 2.27. The third-order valence-electron chi connectivity index (χ3n) is 3.36. The summed E-state index contributed by atoms with van der Waals surface area (Å²) in [5.41, 5.74) is 0. The molecule has 0 heterocycles. The maximum Gasteiger partial charge on any atom is 0.0672 e. The molecule has 2 unspecified atom stereocenters.